The van der Waals surface area contributed by atoms with Crippen LogP contribution in [0.1, 0.15) is 60.3 Å². The van der Waals surface area contributed by atoms with Crippen LogP contribution in [0.15, 0.2) is 0 Å². The number of hydrogen-bond donors (Lipinski definition) is 0. The Hall–Kier alpha value is -0.570. The van der Waals surface area contributed by atoms with E-state index in [1.54, 1.807) is 0 Å². The van der Waals surface area contributed by atoms with E-state index in [1.807, 2.05) is 0 Å². The van der Waals surface area contributed by atoms with Gasteiger partial charge in [0, 0.05) is 31.5 Å². The highest BCUT2D eigenvalue weighted by atomic mass is 16.2. The first-order chi connectivity index (χ1) is 10.3. The highest BCUT2D eigenvalue weighted by molar-refractivity contribution is 5.77. The Kier molecular flexibility index (Phi) is 5.93. The monoisotopic (exact) mass is 308 g/mol. The topological polar surface area (TPSA) is 23.6 Å². The van der Waals surface area contributed by atoms with Crippen LogP contribution in [0.3, 0.4) is 0 Å². The quantitative estimate of drug-likeness (QED) is 0.748. The first kappa shape index (κ1) is 17.8. The predicted octanol–water partition coefficient (Wildman–Crippen LogP) is 3.64. The van der Waals surface area contributed by atoms with Crippen molar-refractivity contribution < 1.29 is 4.79 Å². The summed E-state index contributed by atoms with van der Waals surface area (Å²) in [7, 11) is 0. The summed E-state index contributed by atoms with van der Waals surface area (Å²) in [6.45, 7) is 17.0. The van der Waals surface area contributed by atoms with Crippen LogP contribution in [0.25, 0.3) is 0 Å². The van der Waals surface area contributed by atoms with E-state index in [1.165, 1.54) is 32.5 Å². The Labute approximate surface area is 137 Å². The molecule has 1 unspecified atom stereocenters. The molecule has 3 nitrogen and oxygen atoms in total. The standard InChI is InChI=1S/C19H36N2O/c1-6-17(16(4)5)11-18(22)21-13-19(14-21)7-9-20(10-8-19)12-15(2)3/h15-17H,6-14H2,1-5H3. The Morgan fingerprint density at radius 3 is 2.14 bits per heavy atom. The largest absolute Gasteiger partial charge is 0.341 e. The van der Waals surface area contributed by atoms with Gasteiger partial charge in [-0.15, -0.1) is 0 Å². The molecule has 1 spiro atoms. The van der Waals surface area contributed by atoms with Crippen LogP contribution in [0.4, 0.5) is 0 Å². The molecule has 1 atom stereocenters. The number of likely N-dealkylation sites (tertiary alicyclic amines) is 2. The molecule has 0 N–H and O–H groups in total. The number of piperidine rings is 1. The molecule has 0 aromatic rings. The van der Waals surface area contributed by atoms with E-state index in [0.717, 1.165) is 31.8 Å². The van der Waals surface area contributed by atoms with Crippen molar-refractivity contribution in [3.05, 3.63) is 0 Å². The van der Waals surface area contributed by atoms with Gasteiger partial charge in [-0.25, -0.2) is 0 Å². The van der Waals surface area contributed by atoms with Crippen LogP contribution < -0.4 is 0 Å². The van der Waals surface area contributed by atoms with Gasteiger partial charge in [0.25, 0.3) is 0 Å². The van der Waals surface area contributed by atoms with Crippen LogP contribution >= 0.6 is 0 Å². The maximum absolute atomic E-state index is 12.5. The van der Waals surface area contributed by atoms with Gasteiger partial charge in [0.15, 0.2) is 0 Å². The van der Waals surface area contributed by atoms with Gasteiger partial charge in [0.1, 0.15) is 0 Å². The molecule has 2 heterocycles. The molecule has 2 aliphatic rings. The van der Waals surface area contributed by atoms with Gasteiger partial charge in [-0.05, 0) is 43.7 Å². The van der Waals surface area contributed by atoms with E-state index in [4.69, 9.17) is 0 Å². The summed E-state index contributed by atoms with van der Waals surface area (Å²) in [4.78, 5) is 17.2. The molecule has 0 saturated carbocycles. The van der Waals surface area contributed by atoms with Gasteiger partial charge in [0.2, 0.25) is 5.91 Å². The molecule has 128 valence electrons. The normalized spacial score (nSPS) is 23.1. The van der Waals surface area contributed by atoms with Crippen LogP contribution in [-0.2, 0) is 4.79 Å². The molecule has 2 aliphatic heterocycles. The number of amides is 1. The molecule has 22 heavy (non-hydrogen) atoms. The summed E-state index contributed by atoms with van der Waals surface area (Å²) in [6, 6.07) is 0. The molecule has 0 radical (unpaired) electrons. The lowest BCUT2D eigenvalue weighted by atomic mass is 9.71. The minimum atomic E-state index is 0.399. The third-order valence-electron chi connectivity index (χ3n) is 5.85. The molecule has 0 aliphatic carbocycles. The average molecular weight is 309 g/mol. The van der Waals surface area contributed by atoms with Crippen molar-refractivity contribution in [2.24, 2.45) is 23.2 Å². The number of nitrogens with zero attached hydrogens (tertiary/aromatic N) is 2. The molecule has 2 fully saturated rings. The Morgan fingerprint density at radius 1 is 1.09 bits per heavy atom. The van der Waals surface area contributed by atoms with Gasteiger partial charge in [0.05, 0.1) is 0 Å². The Bertz CT molecular complexity index is 362. The van der Waals surface area contributed by atoms with E-state index < -0.39 is 0 Å². The summed E-state index contributed by atoms with van der Waals surface area (Å²) in [5.74, 6) is 2.33. The predicted molar refractivity (Wildman–Crippen MR) is 92.8 cm³/mol. The van der Waals surface area contributed by atoms with Crippen molar-refractivity contribution in [2.45, 2.75) is 60.3 Å². The smallest absolute Gasteiger partial charge is 0.222 e. The summed E-state index contributed by atoms with van der Waals surface area (Å²) >= 11 is 0. The Balaban J connectivity index is 1.74. The van der Waals surface area contributed by atoms with Gasteiger partial charge in [-0.3, -0.25) is 4.79 Å². The van der Waals surface area contributed by atoms with Crippen molar-refractivity contribution in [2.75, 3.05) is 32.7 Å². The van der Waals surface area contributed by atoms with Crippen LogP contribution in [0.5, 0.6) is 0 Å². The van der Waals surface area contributed by atoms with Crippen molar-refractivity contribution >= 4 is 5.91 Å². The Morgan fingerprint density at radius 2 is 1.68 bits per heavy atom. The minimum absolute atomic E-state index is 0.399. The number of carbonyl (C=O) groups excluding carboxylic acids is 1. The number of rotatable bonds is 6. The SMILES string of the molecule is CCC(CC(=O)N1CC2(CCN(CC(C)C)CC2)C1)C(C)C. The molecule has 1 amide bonds. The molecular formula is C19H36N2O. The molecule has 3 heteroatoms. The van der Waals surface area contributed by atoms with Crippen LogP contribution in [0.2, 0.25) is 0 Å². The molecule has 0 bridgehead atoms. The summed E-state index contributed by atoms with van der Waals surface area (Å²) in [6.07, 6.45) is 4.44. The highest BCUT2D eigenvalue weighted by Gasteiger charge is 2.46. The molecule has 0 aromatic carbocycles. The second-order valence-corrected chi connectivity index (χ2v) is 8.56. The van der Waals surface area contributed by atoms with Gasteiger partial charge in [-0.1, -0.05) is 41.0 Å². The summed E-state index contributed by atoms with van der Waals surface area (Å²) in [5.41, 5.74) is 0.461. The second-order valence-electron chi connectivity index (χ2n) is 8.56. The average Bonchev–Trinajstić information content (AvgIpc) is 2.42. The van der Waals surface area contributed by atoms with E-state index in [0.29, 0.717) is 23.2 Å². The van der Waals surface area contributed by atoms with Crippen molar-refractivity contribution in [1.82, 2.24) is 9.80 Å². The van der Waals surface area contributed by atoms with Crippen LogP contribution in [-0.4, -0.2) is 48.4 Å². The first-order valence-corrected chi connectivity index (χ1v) is 9.35. The maximum Gasteiger partial charge on any atom is 0.222 e. The fraction of sp³-hybridized carbons (Fsp3) is 0.947. The van der Waals surface area contributed by atoms with E-state index in [-0.39, 0.29) is 0 Å². The summed E-state index contributed by atoms with van der Waals surface area (Å²) < 4.78 is 0. The molecule has 2 rings (SSSR count). The minimum Gasteiger partial charge on any atom is -0.341 e. The fourth-order valence-electron chi connectivity index (χ4n) is 4.19. The molecule has 0 aromatic heterocycles. The summed E-state index contributed by atoms with van der Waals surface area (Å²) in [5, 5.41) is 0. The third-order valence-corrected chi connectivity index (χ3v) is 5.85. The second kappa shape index (κ2) is 7.33. The van der Waals surface area contributed by atoms with Gasteiger partial charge in [-0.2, -0.15) is 0 Å². The number of carbonyl (C=O) groups is 1. The van der Waals surface area contributed by atoms with Gasteiger partial charge >= 0.3 is 0 Å². The maximum atomic E-state index is 12.5. The third kappa shape index (κ3) is 4.24. The highest BCUT2D eigenvalue weighted by Crippen LogP contribution is 2.41. The van der Waals surface area contributed by atoms with E-state index in [9.17, 15) is 4.79 Å². The first-order valence-electron chi connectivity index (χ1n) is 9.35. The molecule has 2 saturated heterocycles. The zero-order chi connectivity index (χ0) is 16.3. The van der Waals surface area contributed by atoms with Crippen molar-refractivity contribution in [3.8, 4) is 0 Å². The zero-order valence-electron chi connectivity index (χ0n) is 15.4. The fourth-order valence-corrected chi connectivity index (χ4v) is 4.19. The molecular weight excluding hydrogens is 272 g/mol. The number of hydrogen-bond acceptors (Lipinski definition) is 2. The van der Waals surface area contributed by atoms with Crippen molar-refractivity contribution in [1.29, 1.82) is 0 Å². The lowest BCUT2D eigenvalue weighted by molar-refractivity contribution is -0.148. The van der Waals surface area contributed by atoms with E-state index in [2.05, 4.69) is 44.4 Å². The van der Waals surface area contributed by atoms with Crippen molar-refractivity contribution in [3.63, 3.8) is 0 Å². The van der Waals surface area contributed by atoms with E-state index >= 15 is 0 Å². The lowest BCUT2D eigenvalue weighted by Gasteiger charge is -2.54. The van der Waals surface area contributed by atoms with Gasteiger partial charge < -0.3 is 9.80 Å². The van der Waals surface area contributed by atoms with Crippen LogP contribution in [0, 0.1) is 23.2 Å². The lowest BCUT2D eigenvalue weighted by Crippen LogP contribution is -2.62. The zero-order valence-corrected chi connectivity index (χ0v) is 15.4.